The first kappa shape index (κ1) is 25.8. The molecule has 1 N–H and O–H groups in total. The molecule has 4 aliphatic rings. The molecule has 2 fully saturated rings. The first-order valence-corrected chi connectivity index (χ1v) is 15.1. The molecule has 4 rings (SSSR count). The van der Waals surface area contributed by atoms with Crippen LogP contribution in [0.2, 0.25) is 0 Å². The third kappa shape index (κ3) is 3.56. The number of hydrogen-bond donors (Lipinski definition) is 1. The molecular formula is C30H50O2S. The van der Waals surface area contributed by atoms with Crippen molar-refractivity contribution in [2.75, 3.05) is 6.26 Å². The van der Waals surface area contributed by atoms with Gasteiger partial charge in [-0.2, -0.15) is 0 Å². The number of aliphatic hydroxyl groups excluding tert-OH is 1. The van der Waals surface area contributed by atoms with Crippen molar-refractivity contribution in [2.45, 2.75) is 124 Å². The number of fused-ring (bicyclic) bond motifs is 4. The number of ketones is 1. The van der Waals surface area contributed by atoms with E-state index in [-0.39, 0.29) is 27.1 Å². The molecule has 0 heterocycles. The molecule has 0 bridgehead atoms. The van der Waals surface area contributed by atoms with Crippen LogP contribution in [0, 0.1) is 39.9 Å². The van der Waals surface area contributed by atoms with Gasteiger partial charge in [-0.25, -0.2) is 0 Å². The molecule has 0 aliphatic heterocycles. The van der Waals surface area contributed by atoms with Gasteiger partial charge in [0.25, 0.3) is 0 Å². The van der Waals surface area contributed by atoms with Gasteiger partial charge >= 0.3 is 0 Å². The van der Waals surface area contributed by atoms with Crippen molar-refractivity contribution in [3.05, 3.63) is 11.1 Å². The second-order valence-electron chi connectivity index (χ2n) is 13.7. The highest BCUT2D eigenvalue weighted by Gasteiger charge is 2.68. The van der Waals surface area contributed by atoms with Gasteiger partial charge in [0, 0.05) is 6.42 Å². The minimum atomic E-state index is -0.314. The van der Waals surface area contributed by atoms with E-state index in [1.165, 1.54) is 24.8 Å². The van der Waals surface area contributed by atoms with Crippen LogP contribution in [0.25, 0.3) is 0 Å². The summed E-state index contributed by atoms with van der Waals surface area (Å²) in [5.41, 5.74) is 3.34. The Morgan fingerprint density at radius 3 is 2.33 bits per heavy atom. The minimum Gasteiger partial charge on any atom is -0.393 e. The van der Waals surface area contributed by atoms with Gasteiger partial charge in [-0.15, -0.1) is 11.8 Å². The smallest absolute Gasteiger partial charge is 0.153 e. The third-order valence-corrected chi connectivity index (χ3v) is 12.9. The van der Waals surface area contributed by atoms with E-state index >= 15 is 0 Å². The monoisotopic (exact) mass is 474 g/mol. The van der Waals surface area contributed by atoms with Crippen LogP contribution < -0.4 is 0 Å². The zero-order chi connectivity index (χ0) is 24.4. The van der Waals surface area contributed by atoms with E-state index in [2.05, 4.69) is 54.7 Å². The molecule has 0 amide bonds. The number of Topliss-reactive ketones (excluding diaryl/α,β-unsaturated/α-hetero) is 1. The number of carbonyl (C=O) groups excluding carboxylic acids is 1. The highest BCUT2D eigenvalue weighted by atomic mass is 32.2. The van der Waals surface area contributed by atoms with E-state index in [9.17, 15) is 9.90 Å². The molecule has 0 radical (unpaired) electrons. The predicted octanol–water partition coefficient (Wildman–Crippen LogP) is 7.83. The molecule has 3 heteroatoms. The summed E-state index contributed by atoms with van der Waals surface area (Å²) < 4.78 is -0.314. The summed E-state index contributed by atoms with van der Waals surface area (Å²) in [6, 6.07) is 0. The first-order chi connectivity index (χ1) is 15.4. The summed E-state index contributed by atoms with van der Waals surface area (Å²) in [7, 11) is 0. The van der Waals surface area contributed by atoms with E-state index in [1.807, 2.05) is 11.8 Å². The SMILES string of the molecule is CS[C@@]12C(=O)C[C@H]([C@H](C)CCCC(C)C)[C@@]1(C)CCC1=C2CC[C@@H]2C(C)(C)[C@@H](O)CC[C@]12C. The summed E-state index contributed by atoms with van der Waals surface area (Å²) in [6.45, 7) is 16.6. The molecule has 33 heavy (non-hydrogen) atoms. The maximum absolute atomic E-state index is 14.1. The molecule has 188 valence electrons. The van der Waals surface area contributed by atoms with Crippen LogP contribution in [0.15, 0.2) is 11.1 Å². The van der Waals surface area contributed by atoms with E-state index in [4.69, 9.17) is 0 Å². The number of thioether (sulfide) groups is 1. The number of allylic oxidation sites excluding steroid dienone is 1. The van der Waals surface area contributed by atoms with Crippen LogP contribution in [-0.2, 0) is 4.79 Å². The summed E-state index contributed by atoms with van der Waals surface area (Å²) in [6.07, 6.45) is 13.1. The van der Waals surface area contributed by atoms with E-state index in [0.717, 1.165) is 50.9 Å². The Hall–Kier alpha value is -0.280. The van der Waals surface area contributed by atoms with E-state index < -0.39 is 0 Å². The van der Waals surface area contributed by atoms with Crippen molar-refractivity contribution in [2.24, 2.45) is 39.9 Å². The molecular weight excluding hydrogens is 424 g/mol. The Bertz CT molecular complexity index is 812. The van der Waals surface area contributed by atoms with Crippen molar-refractivity contribution in [3.63, 3.8) is 0 Å². The van der Waals surface area contributed by atoms with Gasteiger partial charge in [0.05, 0.1) is 6.10 Å². The Morgan fingerprint density at radius 2 is 1.70 bits per heavy atom. The van der Waals surface area contributed by atoms with Gasteiger partial charge in [-0.1, -0.05) is 73.3 Å². The standard InChI is InChI=1S/C30H50O2S/c1-19(2)10-9-11-20(3)23-18-26(32)30(33-8)22-12-13-24-27(4,5)25(31)15-16-28(24,6)21(22)14-17-29(23,30)7/h19-20,23-25,31H,9-18H2,1-8H3/t20-,23-,24-,25+,28-,29-,30+/m1/s1. The molecule has 7 atom stereocenters. The van der Waals surface area contributed by atoms with Gasteiger partial charge in [-0.05, 0) is 90.3 Å². The van der Waals surface area contributed by atoms with Crippen LogP contribution in [-0.4, -0.2) is 28.0 Å². The Labute approximate surface area is 208 Å². The maximum atomic E-state index is 14.1. The molecule has 0 aromatic heterocycles. The highest BCUT2D eigenvalue weighted by Crippen LogP contribution is 2.71. The molecule has 0 aromatic rings. The number of rotatable bonds is 6. The van der Waals surface area contributed by atoms with Crippen LogP contribution in [0.3, 0.4) is 0 Å². The molecule has 0 unspecified atom stereocenters. The number of carbonyl (C=O) groups is 1. The molecule has 2 nitrogen and oxygen atoms in total. The van der Waals surface area contributed by atoms with Crippen molar-refractivity contribution in [1.82, 2.24) is 0 Å². The van der Waals surface area contributed by atoms with E-state index in [0.29, 0.717) is 23.5 Å². The van der Waals surface area contributed by atoms with Gasteiger partial charge < -0.3 is 5.11 Å². The average molecular weight is 475 g/mol. The highest BCUT2D eigenvalue weighted by molar-refractivity contribution is 8.01. The van der Waals surface area contributed by atoms with Crippen LogP contribution in [0.1, 0.15) is 113 Å². The van der Waals surface area contributed by atoms with Crippen LogP contribution in [0.5, 0.6) is 0 Å². The molecule has 4 aliphatic carbocycles. The molecule has 0 aromatic carbocycles. The van der Waals surface area contributed by atoms with Crippen molar-refractivity contribution >= 4 is 17.5 Å². The van der Waals surface area contributed by atoms with Gasteiger partial charge in [0.15, 0.2) is 5.78 Å². The summed E-state index contributed by atoms with van der Waals surface area (Å²) in [5, 5.41) is 10.8. The zero-order valence-corrected chi connectivity index (χ0v) is 23.5. The average Bonchev–Trinajstić information content (AvgIpc) is 2.98. The number of hydrogen-bond acceptors (Lipinski definition) is 3. The quantitative estimate of drug-likeness (QED) is 0.398. The summed E-state index contributed by atoms with van der Waals surface area (Å²) >= 11 is 1.89. The van der Waals surface area contributed by atoms with Crippen molar-refractivity contribution in [3.8, 4) is 0 Å². The van der Waals surface area contributed by atoms with Gasteiger partial charge in [0.1, 0.15) is 4.75 Å². The largest absolute Gasteiger partial charge is 0.393 e. The lowest BCUT2D eigenvalue weighted by atomic mass is 9.45. The lowest BCUT2D eigenvalue weighted by molar-refractivity contribution is -0.120. The Balaban J connectivity index is 1.72. The molecule has 2 saturated carbocycles. The Morgan fingerprint density at radius 1 is 1.00 bits per heavy atom. The van der Waals surface area contributed by atoms with Crippen LogP contribution >= 0.6 is 11.8 Å². The second kappa shape index (κ2) is 8.68. The van der Waals surface area contributed by atoms with Crippen molar-refractivity contribution in [1.29, 1.82) is 0 Å². The fraction of sp³-hybridized carbons (Fsp3) is 0.900. The maximum Gasteiger partial charge on any atom is 0.153 e. The lowest BCUT2D eigenvalue weighted by Gasteiger charge is -2.61. The second-order valence-corrected chi connectivity index (χ2v) is 14.7. The normalized spacial score (nSPS) is 43.3. The zero-order valence-electron chi connectivity index (χ0n) is 22.7. The van der Waals surface area contributed by atoms with Gasteiger partial charge in [0.2, 0.25) is 0 Å². The minimum absolute atomic E-state index is 0.0497. The molecule has 0 spiro atoms. The summed E-state index contributed by atoms with van der Waals surface area (Å²) in [4.78, 5) is 14.1. The van der Waals surface area contributed by atoms with Crippen molar-refractivity contribution < 1.29 is 9.90 Å². The van der Waals surface area contributed by atoms with Crippen LogP contribution in [0.4, 0.5) is 0 Å². The van der Waals surface area contributed by atoms with Gasteiger partial charge in [-0.3, -0.25) is 4.79 Å². The fourth-order valence-electron chi connectivity index (χ4n) is 9.45. The fourth-order valence-corrected chi connectivity index (χ4v) is 11.0. The Kier molecular flexibility index (Phi) is 6.79. The van der Waals surface area contributed by atoms with E-state index in [1.54, 1.807) is 5.57 Å². The predicted molar refractivity (Wildman–Crippen MR) is 141 cm³/mol. The molecule has 0 saturated heterocycles. The lowest BCUT2D eigenvalue weighted by Crippen LogP contribution is -2.58. The topological polar surface area (TPSA) is 37.3 Å². The number of aliphatic hydroxyl groups is 1. The summed E-state index contributed by atoms with van der Waals surface area (Å²) in [5.74, 6) is 2.93. The third-order valence-electron chi connectivity index (χ3n) is 11.4. The first-order valence-electron chi connectivity index (χ1n) is 13.9.